The molecule has 0 saturated heterocycles. The average molecular weight is 358 g/mol. The minimum absolute atomic E-state index is 0.305. The van der Waals surface area contributed by atoms with Gasteiger partial charge in [-0.2, -0.15) is 0 Å². The number of aryl methyl sites for hydroxylation is 1. The van der Waals surface area contributed by atoms with E-state index in [0.717, 1.165) is 12.1 Å². The summed E-state index contributed by atoms with van der Waals surface area (Å²) in [5, 5.41) is 1.22. The molecule has 136 valence electrons. The van der Waals surface area contributed by atoms with E-state index in [9.17, 15) is 4.79 Å². The Kier molecular flexibility index (Phi) is 4.55. The Bertz CT molecular complexity index is 1090. The Morgan fingerprint density at radius 3 is 2.44 bits per heavy atom. The maximum absolute atomic E-state index is 12.1. The maximum atomic E-state index is 12.1. The summed E-state index contributed by atoms with van der Waals surface area (Å²) in [4.78, 5) is 12.1. The fourth-order valence-corrected chi connectivity index (χ4v) is 3.56. The van der Waals surface area contributed by atoms with Gasteiger partial charge in [0.25, 0.3) is 0 Å². The van der Waals surface area contributed by atoms with Crippen LogP contribution in [0.2, 0.25) is 0 Å². The van der Waals surface area contributed by atoms with Gasteiger partial charge in [-0.15, -0.1) is 0 Å². The Balaban J connectivity index is 1.72. The summed E-state index contributed by atoms with van der Waals surface area (Å²) < 4.78 is 9.27. The molecule has 0 aliphatic carbocycles. The molecule has 0 N–H and O–H groups in total. The third kappa shape index (κ3) is 3.38. The number of benzene rings is 2. The van der Waals surface area contributed by atoms with Crippen LogP contribution in [-0.2, 0) is 24.8 Å². The van der Waals surface area contributed by atoms with Gasteiger partial charge < -0.3 is 13.9 Å². The highest BCUT2D eigenvalue weighted by Crippen LogP contribution is 2.21. The van der Waals surface area contributed by atoms with Gasteiger partial charge in [0.15, 0.2) is 0 Å². The van der Waals surface area contributed by atoms with Gasteiger partial charge in [-0.3, -0.25) is 0 Å². The molecule has 0 bridgehead atoms. The molecule has 2 aromatic carbocycles. The molecule has 0 fully saturated rings. The Morgan fingerprint density at radius 2 is 1.70 bits per heavy atom. The number of rotatable bonds is 5. The van der Waals surface area contributed by atoms with Crippen LogP contribution in [0.1, 0.15) is 27.3 Å². The zero-order chi connectivity index (χ0) is 18.8. The van der Waals surface area contributed by atoms with E-state index in [-0.39, 0.29) is 5.97 Å². The number of methoxy groups -OCH3 is 1. The van der Waals surface area contributed by atoms with Crippen LogP contribution in [0, 0.1) is 0 Å². The number of fused-ring (bicyclic) bond motifs is 1. The first-order valence-corrected chi connectivity index (χ1v) is 9.00. The largest absolute Gasteiger partial charge is 0.465 e. The predicted octanol–water partition coefficient (Wildman–Crippen LogP) is 4.41. The van der Waals surface area contributed by atoms with Crippen molar-refractivity contribution in [2.45, 2.75) is 13.0 Å². The summed E-state index contributed by atoms with van der Waals surface area (Å²) in [5.41, 5.74) is 5.29. The van der Waals surface area contributed by atoms with Crippen LogP contribution < -0.4 is 0 Å². The molecule has 4 rings (SSSR count). The second kappa shape index (κ2) is 7.16. The van der Waals surface area contributed by atoms with Gasteiger partial charge in [0, 0.05) is 36.6 Å². The standard InChI is InChI=1S/C23H22N2O2/c1-24-21(13-18-10-6-7-11-22(18)24)16-25-15-19(23(26)27-2)14-20(25)12-17-8-4-3-5-9-17/h3-11,13-15H,12,16H2,1-2H3. The van der Waals surface area contributed by atoms with Gasteiger partial charge >= 0.3 is 5.97 Å². The lowest BCUT2D eigenvalue weighted by molar-refractivity contribution is 0.0600. The molecule has 4 heteroatoms. The summed E-state index contributed by atoms with van der Waals surface area (Å²) in [5.74, 6) is -0.305. The number of carbonyl (C=O) groups is 1. The first-order valence-electron chi connectivity index (χ1n) is 9.00. The highest BCUT2D eigenvalue weighted by atomic mass is 16.5. The van der Waals surface area contributed by atoms with Crippen molar-refractivity contribution in [2.24, 2.45) is 7.05 Å². The van der Waals surface area contributed by atoms with Gasteiger partial charge in [0.1, 0.15) is 0 Å². The zero-order valence-electron chi connectivity index (χ0n) is 15.6. The molecule has 0 unspecified atom stereocenters. The summed E-state index contributed by atoms with van der Waals surface area (Å²) in [6.07, 6.45) is 2.66. The Morgan fingerprint density at radius 1 is 0.963 bits per heavy atom. The quantitative estimate of drug-likeness (QED) is 0.496. The lowest BCUT2D eigenvalue weighted by Gasteiger charge is -2.11. The van der Waals surface area contributed by atoms with E-state index < -0.39 is 0 Å². The van der Waals surface area contributed by atoms with Crippen molar-refractivity contribution in [3.05, 3.63) is 95.4 Å². The van der Waals surface area contributed by atoms with Crippen LogP contribution in [0.4, 0.5) is 0 Å². The predicted molar refractivity (Wildman–Crippen MR) is 107 cm³/mol. The number of carbonyl (C=O) groups excluding carboxylic acids is 1. The molecule has 0 atom stereocenters. The highest BCUT2D eigenvalue weighted by molar-refractivity contribution is 5.89. The normalized spacial score (nSPS) is 11.0. The van der Waals surface area contributed by atoms with Crippen LogP contribution in [0.5, 0.6) is 0 Å². The number of ether oxygens (including phenoxy) is 1. The summed E-state index contributed by atoms with van der Waals surface area (Å²) >= 11 is 0. The van der Waals surface area contributed by atoms with Crippen molar-refractivity contribution in [1.29, 1.82) is 0 Å². The molecule has 2 aromatic heterocycles. The summed E-state index contributed by atoms with van der Waals surface area (Å²) in [7, 11) is 3.50. The van der Waals surface area contributed by atoms with E-state index in [1.54, 1.807) is 0 Å². The molecule has 2 heterocycles. The van der Waals surface area contributed by atoms with E-state index >= 15 is 0 Å². The van der Waals surface area contributed by atoms with Crippen LogP contribution in [0.3, 0.4) is 0 Å². The van der Waals surface area contributed by atoms with Crippen LogP contribution in [0.25, 0.3) is 10.9 Å². The fraction of sp³-hybridized carbons (Fsp3) is 0.174. The fourth-order valence-electron chi connectivity index (χ4n) is 3.56. The molecule has 0 amide bonds. The summed E-state index contributed by atoms with van der Waals surface area (Å²) in [6.45, 7) is 0.699. The molecule has 27 heavy (non-hydrogen) atoms. The van der Waals surface area contributed by atoms with Crippen LogP contribution in [-0.4, -0.2) is 22.2 Å². The van der Waals surface area contributed by atoms with Gasteiger partial charge in [0.2, 0.25) is 0 Å². The molecule has 0 aliphatic rings. The maximum Gasteiger partial charge on any atom is 0.339 e. The van der Waals surface area contributed by atoms with E-state index in [1.165, 1.54) is 29.3 Å². The zero-order valence-corrected chi connectivity index (χ0v) is 15.6. The topological polar surface area (TPSA) is 36.2 Å². The summed E-state index contributed by atoms with van der Waals surface area (Å²) in [6, 6.07) is 22.8. The van der Waals surface area contributed by atoms with E-state index in [0.29, 0.717) is 12.1 Å². The lowest BCUT2D eigenvalue weighted by atomic mass is 10.1. The molecular weight excluding hydrogens is 336 g/mol. The first-order chi connectivity index (χ1) is 13.2. The molecule has 0 aliphatic heterocycles. The SMILES string of the molecule is COC(=O)c1cc(Cc2ccccc2)n(Cc2cc3ccccc3n2C)c1. The third-order valence-corrected chi connectivity index (χ3v) is 5.02. The molecular formula is C23H22N2O2. The van der Waals surface area contributed by atoms with E-state index in [2.05, 4.69) is 58.6 Å². The molecule has 4 nitrogen and oxygen atoms in total. The number of nitrogens with zero attached hydrogens (tertiary/aromatic N) is 2. The van der Waals surface area contributed by atoms with Gasteiger partial charge in [-0.05, 0) is 29.1 Å². The van der Waals surface area contributed by atoms with Crippen LogP contribution in [0.15, 0.2) is 72.9 Å². The highest BCUT2D eigenvalue weighted by Gasteiger charge is 2.15. The van der Waals surface area contributed by atoms with E-state index in [4.69, 9.17) is 4.74 Å². The second-order valence-corrected chi connectivity index (χ2v) is 6.76. The monoisotopic (exact) mass is 358 g/mol. The Labute approximate surface area is 158 Å². The van der Waals surface area contributed by atoms with Gasteiger partial charge in [-0.25, -0.2) is 4.79 Å². The molecule has 4 aromatic rings. The smallest absolute Gasteiger partial charge is 0.339 e. The van der Waals surface area contributed by atoms with Crippen molar-refractivity contribution in [3.63, 3.8) is 0 Å². The average Bonchev–Trinajstić information content (AvgIpc) is 3.24. The van der Waals surface area contributed by atoms with E-state index in [1.807, 2.05) is 30.5 Å². The van der Waals surface area contributed by atoms with Crippen molar-refractivity contribution in [3.8, 4) is 0 Å². The Hall–Kier alpha value is -3.27. The van der Waals surface area contributed by atoms with Crippen LogP contribution >= 0.6 is 0 Å². The lowest BCUT2D eigenvalue weighted by Crippen LogP contribution is -2.07. The third-order valence-electron chi connectivity index (χ3n) is 5.02. The number of esters is 1. The molecule has 0 radical (unpaired) electrons. The molecule has 0 saturated carbocycles. The minimum Gasteiger partial charge on any atom is -0.465 e. The van der Waals surface area contributed by atoms with Gasteiger partial charge in [-0.1, -0.05) is 48.5 Å². The van der Waals surface area contributed by atoms with Crippen molar-refractivity contribution >= 4 is 16.9 Å². The number of hydrogen-bond donors (Lipinski definition) is 0. The minimum atomic E-state index is -0.305. The van der Waals surface area contributed by atoms with Crippen molar-refractivity contribution in [2.75, 3.05) is 7.11 Å². The number of para-hydroxylation sites is 1. The number of hydrogen-bond acceptors (Lipinski definition) is 2. The van der Waals surface area contributed by atoms with Gasteiger partial charge in [0.05, 0.1) is 19.2 Å². The van der Waals surface area contributed by atoms with Crippen molar-refractivity contribution < 1.29 is 9.53 Å². The second-order valence-electron chi connectivity index (χ2n) is 6.76. The molecule has 0 spiro atoms. The van der Waals surface area contributed by atoms with Crippen molar-refractivity contribution in [1.82, 2.24) is 9.13 Å². The number of aromatic nitrogens is 2. The first kappa shape index (κ1) is 17.2.